The van der Waals surface area contributed by atoms with Crippen molar-refractivity contribution in [3.63, 3.8) is 0 Å². The molecule has 2 N–H and O–H groups in total. The summed E-state index contributed by atoms with van der Waals surface area (Å²) in [6, 6.07) is 4.35. The van der Waals surface area contributed by atoms with Gasteiger partial charge in [-0.2, -0.15) is 0 Å². The normalized spacial score (nSPS) is 17.6. The Morgan fingerprint density at radius 2 is 2.14 bits per heavy atom. The number of aliphatic imine (C=N–C) groups is 1. The van der Waals surface area contributed by atoms with E-state index in [1.807, 2.05) is 18.4 Å². The molecule has 1 saturated heterocycles. The SMILES string of the molecule is CN=C(NCC(C)Cc1cccs1)NCC1CCN(Cc2csc(C)n2)CC1. The van der Waals surface area contributed by atoms with Gasteiger partial charge in [-0.15, -0.1) is 22.7 Å². The zero-order valence-corrected chi connectivity index (χ0v) is 18.9. The monoisotopic (exact) mass is 419 g/mol. The summed E-state index contributed by atoms with van der Waals surface area (Å²) in [7, 11) is 1.86. The highest BCUT2D eigenvalue weighted by molar-refractivity contribution is 7.10. The Morgan fingerprint density at radius 3 is 2.79 bits per heavy atom. The number of nitrogens with one attached hydrogen (secondary N) is 2. The molecule has 28 heavy (non-hydrogen) atoms. The van der Waals surface area contributed by atoms with E-state index < -0.39 is 0 Å². The van der Waals surface area contributed by atoms with Gasteiger partial charge < -0.3 is 10.6 Å². The highest BCUT2D eigenvalue weighted by Crippen LogP contribution is 2.19. The molecule has 1 atom stereocenters. The summed E-state index contributed by atoms with van der Waals surface area (Å²) < 4.78 is 0. The molecule has 0 bridgehead atoms. The number of thiazole rings is 1. The van der Waals surface area contributed by atoms with E-state index in [1.165, 1.54) is 23.4 Å². The zero-order chi connectivity index (χ0) is 19.8. The highest BCUT2D eigenvalue weighted by atomic mass is 32.1. The Hall–Kier alpha value is -1.44. The largest absolute Gasteiger partial charge is 0.356 e. The number of aryl methyl sites for hydroxylation is 1. The van der Waals surface area contributed by atoms with E-state index in [2.05, 4.69) is 62.3 Å². The van der Waals surface area contributed by atoms with E-state index in [9.17, 15) is 0 Å². The van der Waals surface area contributed by atoms with Gasteiger partial charge in [-0.25, -0.2) is 4.98 Å². The smallest absolute Gasteiger partial charge is 0.190 e. The lowest BCUT2D eigenvalue weighted by Crippen LogP contribution is -2.43. The molecule has 2 aromatic rings. The first kappa shape index (κ1) is 21.3. The predicted molar refractivity (Wildman–Crippen MR) is 121 cm³/mol. The molecule has 3 rings (SSSR count). The minimum Gasteiger partial charge on any atom is -0.356 e. The summed E-state index contributed by atoms with van der Waals surface area (Å²) in [5.41, 5.74) is 1.22. The van der Waals surface area contributed by atoms with Crippen LogP contribution in [0.3, 0.4) is 0 Å². The summed E-state index contributed by atoms with van der Waals surface area (Å²) in [4.78, 5) is 13.0. The Balaban J connectivity index is 1.32. The second-order valence-corrected chi connectivity index (χ2v) is 9.89. The number of guanidine groups is 1. The van der Waals surface area contributed by atoms with Crippen LogP contribution < -0.4 is 10.6 Å². The van der Waals surface area contributed by atoms with Crippen molar-refractivity contribution in [1.82, 2.24) is 20.5 Å². The quantitative estimate of drug-likeness (QED) is 0.505. The maximum Gasteiger partial charge on any atom is 0.190 e. The molecule has 154 valence electrons. The highest BCUT2D eigenvalue weighted by Gasteiger charge is 2.20. The van der Waals surface area contributed by atoms with Crippen LogP contribution in [0.4, 0.5) is 0 Å². The van der Waals surface area contributed by atoms with Gasteiger partial charge in [0, 0.05) is 36.9 Å². The fourth-order valence-electron chi connectivity index (χ4n) is 3.64. The third-order valence-electron chi connectivity index (χ3n) is 5.29. The zero-order valence-electron chi connectivity index (χ0n) is 17.3. The molecule has 0 amide bonds. The van der Waals surface area contributed by atoms with Crippen molar-refractivity contribution in [3.8, 4) is 0 Å². The van der Waals surface area contributed by atoms with Crippen molar-refractivity contribution in [2.75, 3.05) is 33.2 Å². The van der Waals surface area contributed by atoms with Crippen LogP contribution in [-0.4, -0.2) is 49.1 Å². The first-order valence-corrected chi connectivity index (χ1v) is 12.0. The molecule has 1 aliphatic heterocycles. The van der Waals surface area contributed by atoms with E-state index in [0.717, 1.165) is 56.0 Å². The molecule has 5 nitrogen and oxygen atoms in total. The molecule has 0 aromatic carbocycles. The van der Waals surface area contributed by atoms with Crippen molar-refractivity contribution in [1.29, 1.82) is 0 Å². The van der Waals surface area contributed by atoms with Crippen molar-refractivity contribution < 1.29 is 0 Å². The number of aromatic nitrogens is 1. The summed E-state index contributed by atoms with van der Waals surface area (Å²) in [5.74, 6) is 2.24. The molecule has 1 fully saturated rings. The van der Waals surface area contributed by atoms with Crippen molar-refractivity contribution in [2.24, 2.45) is 16.8 Å². The van der Waals surface area contributed by atoms with Crippen LogP contribution in [0.1, 0.15) is 35.3 Å². The van der Waals surface area contributed by atoms with Gasteiger partial charge >= 0.3 is 0 Å². The molecule has 2 aromatic heterocycles. The lowest BCUT2D eigenvalue weighted by Gasteiger charge is -2.31. The van der Waals surface area contributed by atoms with Crippen LogP contribution in [0.5, 0.6) is 0 Å². The Kier molecular flexibility index (Phi) is 8.30. The minimum absolute atomic E-state index is 0.592. The summed E-state index contributed by atoms with van der Waals surface area (Å²) in [5, 5.41) is 12.5. The topological polar surface area (TPSA) is 52.6 Å². The third-order valence-corrected chi connectivity index (χ3v) is 7.01. The number of nitrogens with zero attached hydrogens (tertiary/aromatic N) is 3. The number of hydrogen-bond acceptors (Lipinski definition) is 5. The van der Waals surface area contributed by atoms with Gasteiger partial charge in [0.2, 0.25) is 0 Å². The van der Waals surface area contributed by atoms with Gasteiger partial charge in [0.05, 0.1) is 10.7 Å². The van der Waals surface area contributed by atoms with Crippen LogP contribution in [-0.2, 0) is 13.0 Å². The molecular weight excluding hydrogens is 386 g/mol. The van der Waals surface area contributed by atoms with Crippen molar-refractivity contribution >= 4 is 28.6 Å². The first-order chi connectivity index (χ1) is 13.6. The fraction of sp³-hybridized carbons (Fsp3) is 0.619. The summed E-state index contributed by atoms with van der Waals surface area (Å²) >= 11 is 3.59. The van der Waals surface area contributed by atoms with E-state index in [1.54, 1.807) is 11.3 Å². The van der Waals surface area contributed by atoms with E-state index >= 15 is 0 Å². The van der Waals surface area contributed by atoms with E-state index in [0.29, 0.717) is 5.92 Å². The predicted octanol–water partition coefficient (Wildman–Crippen LogP) is 3.77. The van der Waals surface area contributed by atoms with Gasteiger partial charge in [-0.05, 0) is 62.6 Å². The number of rotatable bonds is 8. The van der Waals surface area contributed by atoms with E-state index in [4.69, 9.17) is 0 Å². The Bertz CT molecular complexity index is 717. The first-order valence-electron chi connectivity index (χ1n) is 10.2. The molecule has 0 radical (unpaired) electrons. The average molecular weight is 420 g/mol. The van der Waals surface area contributed by atoms with Gasteiger partial charge in [0.1, 0.15) is 0 Å². The summed E-state index contributed by atoms with van der Waals surface area (Å²) in [6.07, 6.45) is 3.60. The molecule has 1 aliphatic rings. The van der Waals surface area contributed by atoms with Crippen LogP contribution in [0, 0.1) is 18.8 Å². The van der Waals surface area contributed by atoms with Gasteiger partial charge in [-0.3, -0.25) is 9.89 Å². The number of piperidine rings is 1. The lowest BCUT2D eigenvalue weighted by atomic mass is 9.97. The number of hydrogen-bond donors (Lipinski definition) is 2. The minimum atomic E-state index is 0.592. The van der Waals surface area contributed by atoms with Crippen LogP contribution in [0.15, 0.2) is 27.9 Å². The average Bonchev–Trinajstić information content (AvgIpc) is 3.35. The van der Waals surface area contributed by atoms with Gasteiger partial charge in [-0.1, -0.05) is 13.0 Å². The maximum absolute atomic E-state index is 4.59. The molecule has 1 unspecified atom stereocenters. The Labute approximate surface area is 177 Å². The van der Waals surface area contributed by atoms with Crippen LogP contribution in [0.2, 0.25) is 0 Å². The second-order valence-electron chi connectivity index (χ2n) is 7.80. The summed E-state index contributed by atoms with van der Waals surface area (Å²) in [6.45, 7) is 9.64. The van der Waals surface area contributed by atoms with Crippen molar-refractivity contribution in [2.45, 2.75) is 39.7 Å². The van der Waals surface area contributed by atoms with Crippen LogP contribution in [0.25, 0.3) is 0 Å². The van der Waals surface area contributed by atoms with Crippen LogP contribution >= 0.6 is 22.7 Å². The number of likely N-dealkylation sites (tertiary alicyclic amines) is 1. The molecule has 7 heteroatoms. The Morgan fingerprint density at radius 1 is 1.32 bits per heavy atom. The lowest BCUT2D eigenvalue weighted by molar-refractivity contribution is 0.176. The molecule has 0 spiro atoms. The van der Waals surface area contributed by atoms with Gasteiger partial charge in [0.25, 0.3) is 0 Å². The molecule has 0 saturated carbocycles. The standard InChI is InChI=1S/C21H33N5S2/c1-16(11-20-5-4-10-27-20)12-23-21(22-3)24-13-18-6-8-26(9-7-18)14-19-15-28-17(2)25-19/h4-5,10,15-16,18H,6-9,11-14H2,1-3H3,(H2,22,23,24). The fourth-order valence-corrected chi connectivity index (χ4v) is 5.11. The maximum atomic E-state index is 4.59. The number of thiophene rings is 1. The van der Waals surface area contributed by atoms with E-state index in [-0.39, 0.29) is 0 Å². The molecular formula is C21H33N5S2. The molecule has 3 heterocycles. The molecule has 0 aliphatic carbocycles. The van der Waals surface area contributed by atoms with Gasteiger partial charge in [0.15, 0.2) is 5.96 Å². The second kappa shape index (κ2) is 10.9. The third kappa shape index (κ3) is 6.87. The van der Waals surface area contributed by atoms with Crippen molar-refractivity contribution in [3.05, 3.63) is 38.5 Å².